The lowest BCUT2D eigenvalue weighted by Gasteiger charge is -2.17. The van der Waals surface area contributed by atoms with Crippen molar-refractivity contribution in [2.45, 2.75) is 10.1 Å². The molecule has 1 atom stereocenters. The summed E-state index contributed by atoms with van der Waals surface area (Å²) in [5.74, 6) is -0.147. The molecule has 0 aliphatic rings. The van der Waals surface area contributed by atoms with Gasteiger partial charge in [0.1, 0.15) is 11.3 Å². The molecule has 0 saturated carbocycles. The predicted molar refractivity (Wildman–Crippen MR) is 106 cm³/mol. The molecule has 1 N–H and O–H groups in total. The molecule has 1 unspecified atom stereocenters. The second kappa shape index (κ2) is 8.57. The third-order valence-corrected chi connectivity index (χ3v) is 5.27. The number of benzene rings is 3. The van der Waals surface area contributed by atoms with E-state index in [1.165, 1.54) is 11.8 Å². The lowest BCUT2D eigenvalue weighted by Crippen LogP contribution is -2.19. The van der Waals surface area contributed by atoms with Gasteiger partial charge >= 0.3 is 0 Å². The minimum absolute atomic E-state index is 0.147. The van der Waals surface area contributed by atoms with Gasteiger partial charge in [0, 0.05) is 10.6 Å². The van der Waals surface area contributed by atoms with E-state index < -0.39 is 5.25 Å². The third kappa shape index (κ3) is 4.45. The second-order valence-electron chi connectivity index (χ2n) is 5.52. The van der Waals surface area contributed by atoms with Crippen molar-refractivity contribution >= 4 is 35.0 Å². The SMILES string of the molecule is N#Cc1ccc(NC(=O)C(Sc2ccccc2)c2ccccc2)cc1Cl. The Morgan fingerprint density at radius 3 is 2.27 bits per heavy atom. The largest absolute Gasteiger partial charge is 0.325 e. The van der Waals surface area contributed by atoms with Gasteiger partial charge in [-0.2, -0.15) is 5.26 Å². The van der Waals surface area contributed by atoms with Gasteiger partial charge in [-0.05, 0) is 35.9 Å². The van der Waals surface area contributed by atoms with Gasteiger partial charge in [0.05, 0.1) is 10.6 Å². The van der Waals surface area contributed by atoms with Crippen molar-refractivity contribution in [3.05, 3.63) is 95.0 Å². The number of thioether (sulfide) groups is 1. The van der Waals surface area contributed by atoms with Gasteiger partial charge in [-0.15, -0.1) is 11.8 Å². The first kappa shape index (κ1) is 18.1. The van der Waals surface area contributed by atoms with E-state index in [1.54, 1.807) is 18.2 Å². The molecule has 3 aromatic rings. The van der Waals surface area contributed by atoms with Crippen molar-refractivity contribution in [3.8, 4) is 6.07 Å². The fraction of sp³-hybridized carbons (Fsp3) is 0.0476. The second-order valence-corrected chi connectivity index (χ2v) is 7.10. The van der Waals surface area contributed by atoms with Crippen LogP contribution >= 0.6 is 23.4 Å². The standard InChI is InChI=1S/C21H15ClN2OS/c22-19-13-17(12-11-16(19)14-23)24-21(25)20(15-7-3-1-4-8-15)26-18-9-5-2-6-10-18/h1-13,20H,(H,24,25). The first-order valence-electron chi connectivity index (χ1n) is 7.94. The van der Waals surface area contributed by atoms with Crippen LogP contribution in [0.4, 0.5) is 5.69 Å². The number of halogens is 1. The molecule has 3 nitrogen and oxygen atoms in total. The van der Waals surface area contributed by atoms with Gasteiger partial charge in [0.2, 0.25) is 5.91 Å². The Morgan fingerprint density at radius 2 is 1.65 bits per heavy atom. The van der Waals surface area contributed by atoms with Crippen LogP contribution < -0.4 is 5.32 Å². The molecule has 26 heavy (non-hydrogen) atoms. The Morgan fingerprint density at radius 1 is 1.00 bits per heavy atom. The van der Waals surface area contributed by atoms with Gasteiger partial charge < -0.3 is 5.32 Å². The number of hydrogen-bond acceptors (Lipinski definition) is 3. The Bertz CT molecular complexity index is 939. The normalized spacial score (nSPS) is 11.4. The predicted octanol–water partition coefficient (Wildman–Crippen LogP) is 5.68. The van der Waals surface area contributed by atoms with Gasteiger partial charge in [-0.25, -0.2) is 0 Å². The van der Waals surface area contributed by atoms with E-state index in [9.17, 15) is 4.79 Å². The quantitative estimate of drug-likeness (QED) is 0.581. The number of nitrogens with one attached hydrogen (secondary N) is 1. The fourth-order valence-corrected chi connectivity index (χ4v) is 3.70. The minimum atomic E-state index is -0.409. The molecule has 0 aromatic heterocycles. The van der Waals surface area contributed by atoms with E-state index in [-0.39, 0.29) is 5.91 Å². The molecule has 0 saturated heterocycles. The summed E-state index contributed by atoms with van der Waals surface area (Å²) in [6.45, 7) is 0. The van der Waals surface area contributed by atoms with Gasteiger partial charge in [0.25, 0.3) is 0 Å². The third-order valence-electron chi connectivity index (χ3n) is 3.69. The lowest BCUT2D eigenvalue weighted by molar-refractivity contribution is -0.115. The Kier molecular flexibility index (Phi) is 5.96. The van der Waals surface area contributed by atoms with Crippen molar-refractivity contribution < 1.29 is 4.79 Å². The van der Waals surface area contributed by atoms with Crippen LogP contribution in [0.3, 0.4) is 0 Å². The monoisotopic (exact) mass is 378 g/mol. The molecule has 0 aliphatic carbocycles. The molecule has 0 heterocycles. The van der Waals surface area contributed by atoms with E-state index in [1.807, 2.05) is 66.7 Å². The van der Waals surface area contributed by atoms with E-state index in [0.29, 0.717) is 16.3 Å². The van der Waals surface area contributed by atoms with E-state index in [2.05, 4.69) is 5.32 Å². The molecular formula is C21H15ClN2OS. The Hall–Kier alpha value is -2.74. The van der Waals surface area contributed by atoms with Crippen molar-refractivity contribution in [3.63, 3.8) is 0 Å². The van der Waals surface area contributed by atoms with Gasteiger partial charge in [0.15, 0.2) is 0 Å². The number of carbonyl (C=O) groups excluding carboxylic acids is 1. The van der Waals surface area contributed by atoms with E-state index in [4.69, 9.17) is 16.9 Å². The zero-order valence-electron chi connectivity index (χ0n) is 13.7. The number of hydrogen-bond donors (Lipinski definition) is 1. The first-order valence-corrected chi connectivity index (χ1v) is 9.20. The Labute approximate surface area is 161 Å². The molecule has 0 aliphatic heterocycles. The van der Waals surface area contributed by atoms with Crippen LogP contribution in [0.2, 0.25) is 5.02 Å². The zero-order chi connectivity index (χ0) is 18.4. The average Bonchev–Trinajstić information content (AvgIpc) is 2.68. The molecule has 3 rings (SSSR count). The van der Waals surface area contributed by atoms with E-state index >= 15 is 0 Å². The number of nitriles is 1. The van der Waals surface area contributed by atoms with Crippen molar-refractivity contribution in [2.75, 3.05) is 5.32 Å². The van der Waals surface area contributed by atoms with Crippen LogP contribution in [0, 0.1) is 11.3 Å². The fourth-order valence-electron chi connectivity index (χ4n) is 2.43. The summed E-state index contributed by atoms with van der Waals surface area (Å²) in [6.07, 6.45) is 0. The van der Waals surface area contributed by atoms with Gasteiger partial charge in [-0.1, -0.05) is 60.1 Å². The first-order chi connectivity index (χ1) is 12.7. The summed E-state index contributed by atoms with van der Waals surface area (Å²) < 4.78 is 0. The maximum Gasteiger partial charge on any atom is 0.242 e. The molecule has 0 bridgehead atoms. The number of rotatable bonds is 5. The highest BCUT2D eigenvalue weighted by atomic mass is 35.5. The summed E-state index contributed by atoms with van der Waals surface area (Å²) in [5.41, 5.74) is 1.86. The molecular weight excluding hydrogens is 364 g/mol. The Balaban J connectivity index is 1.85. The highest BCUT2D eigenvalue weighted by Gasteiger charge is 2.22. The molecule has 0 spiro atoms. The summed E-state index contributed by atoms with van der Waals surface area (Å²) >= 11 is 7.54. The van der Waals surface area contributed by atoms with Crippen LogP contribution in [0.15, 0.2) is 83.8 Å². The molecule has 128 valence electrons. The highest BCUT2D eigenvalue weighted by molar-refractivity contribution is 8.00. The molecule has 3 aromatic carbocycles. The number of amides is 1. The van der Waals surface area contributed by atoms with Gasteiger partial charge in [-0.3, -0.25) is 4.79 Å². The van der Waals surface area contributed by atoms with Crippen LogP contribution in [0.1, 0.15) is 16.4 Å². The van der Waals surface area contributed by atoms with E-state index in [0.717, 1.165) is 10.5 Å². The summed E-state index contributed by atoms with van der Waals surface area (Å²) in [4.78, 5) is 14.0. The summed E-state index contributed by atoms with van der Waals surface area (Å²) in [5, 5.41) is 11.8. The van der Waals surface area contributed by atoms with Crippen LogP contribution in [0.25, 0.3) is 0 Å². The molecule has 0 radical (unpaired) electrons. The maximum absolute atomic E-state index is 12.9. The zero-order valence-corrected chi connectivity index (χ0v) is 15.3. The molecule has 5 heteroatoms. The molecule has 0 fully saturated rings. The number of anilines is 1. The summed E-state index contributed by atoms with van der Waals surface area (Å²) in [7, 11) is 0. The number of carbonyl (C=O) groups is 1. The number of nitrogens with zero attached hydrogens (tertiary/aromatic N) is 1. The minimum Gasteiger partial charge on any atom is -0.325 e. The van der Waals surface area contributed by atoms with Crippen LogP contribution in [-0.4, -0.2) is 5.91 Å². The van der Waals surface area contributed by atoms with Crippen molar-refractivity contribution in [2.24, 2.45) is 0 Å². The van der Waals surface area contributed by atoms with Crippen molar-refractivity contribution in [1.29, 1.82) is 5.26 Å². The maximum atomic E-state index is 12.9. The topological polar surface area (TPSA) is 52.9 Å². The van der Waals surface area contributed by atoms with Crippen LogP contribution in [-0.2, 0) is 4.79 Å². The smallest absolute Gasteiger partial charge is 0.242 e. The average molecular weight is 379 g/mol. The summed E-state index contributed by atoms with van der Waals surface area (Å²) in [6, 6.07) is 26.3. The van der Waals surface area contributed by atoms with Crippen molar-refractivity contribution in [1.82, 2.24) is 0 Å². The highest BCUT2D eigenvalue weighted by Crippen LogP contribution is 2.36. The lowest BCUT2D eigenvalue weighted by atomic mass is 10.1. The van der Waals surface area contributed by atoms with Crippen LogP contribution in [0.5, 0.6) is 0 Å². The molecule has 1 amide bonds.